The van der Waals surface area contributed by atoms with Crippen LogP contribution < -0.4 is 10.2 Å². The lowest BCUT2D eigenvalue weighted by molar-refractivity contribution is -0.126. The Labute approximate surface area is 110 Å². The molecule has 4 nitrogen and oxygen atoms in total. The Hall–Kier alpha value is -1.75. The second kappa shape index (κ2) is 4.42. The Morgan fingerprint density at radius 1 is 1.21 bits per heavy atom. The number of amides is 2. The number of carbonyl (C=O) groups is 2. The van der Waals surface area contributed by atoms with Crippen molar-refractivity contribution in [1.29, 1.82) is 0 Å². The average molecular weight is 262 g/mol. The smallest absolute Gasteiger partial charge is 0.241 e. The Morgan fingerprint density at radius 3 is 2.58 bits per heavy atom. The van der Waals surface area contributed by atoms with E-state index < -0.39 is 5.41 Å². The Bertz CT molecular complexity index is 521. The Kier molecular flexibility index (Phi) is 2.86. The van der Waals surface area contributed by atoms with Gasteiger partial charge in [0.2, 0.25) is 11.8 Å². The standard InChI is InChI=1S/C14H15FN2O2/c15-10-2-4-11(5-3-10)17-12(18)8-14(13(17)19)6-1-7-16-9-14/h2-5,16H,1,6-9H2. The van der Waals surface area contributed by atoms with Gasteiger partial charge in [0.15, 0.2) is 0 Å². The minimum absolute atomic E-state index is 0.156. The first-order chi connectivity index (χ1) is 9.12. The number of imide groups is 1. The van der Waals surface area contributed by atoms with Crippen LogP contribution in [-0.2, 0) is 9.59 Å². The van der Waals surface area contributed by atoms with Crippen molar-refractivity contribution in [3.05, 3.63) is 30.1 Å². The maximum Gasteiger partial charge on any atom is 0.241 e. The molecule has 1 atom stereocenters. The lowest BCUT2D eigenvalue weighted by Crippen LogP contribution is -2.45. The molecule has 100 valence electrons. The first kappa shape index (κ1) is 12.3. The zero-order valence-corrected chi connectivity index (χ0v) is 10.5. The molecule has 19 heavy (non-hydrogen) atoms. The molecule has 1 unspecified atom stereocenters. The number of halogens is 1. The van der Waals surface area contributed by atoms with E-state index in [1.807, 2.05) is 0 Å². The topological polar surface area (TPSA) is 49.4 Å². The van der Waals surface area contributed by atoms with E-state index in [2.05, 4.69) is 5.32 Å². The van der Waals surface area contributed by atoms with Crippen molar-refractivity contribution in [1.82, 2.24) is 5.32 Å². The molecule has 2 saturated heterocycles. The van der Waals surface area contributed by atoms with Gasteiger partial charge < -0.3 is 5.32 Å². The summed E-state index contributed by atoms with van der Waals surface area (Å²) in [7, 11) is 0. The highest BCUT2D eigenvalue weighted by molar-refractivity contribution is 6.22. The van der Waals surface area contributed by atoms with E-state index in [1.54, 1.807) is 0 Å². The minimum atomic E-state index is -0.594. The van der Waals surface area contributed by atoms with E-state index in [9.17, 15) is 14.0 Å². The second-order valence-electron chi connectivity index (χ2n) is 5.25. The van der Waals surface area contributed by atoms with Crippen LogP contribution in [0.3, 0.4) is 0 Å². The van der Waals surface area contributed by atoms with Gasteiger partial charge in [-0.25, -0.2) is 4.39 Å². The van der Waals surface area contributed by atoms with Crippen molar-refractivity contribution in [2.75, 3.05) is 18.0 Å². The van der Waals surface area contributed by atoms with Gasteiger partial charge in [0.1, 0.15) is 5.82 Å². The molecule has 3 rings (SSSR count). The maximum absolute atomic E-state index is 12.9. The molecule has 0 radical (unpaired) electrons. The zero-order chi connectivity index (χ0) is 13.5. The molecule has 1 N–H and O–H groups in total. The average Bonchev–Trinajstić information content (AvgIpc) is 2.64. The van der Waals surface area contributed by atoms with E-state index in [0.29, 0.717) is 12.2 Å². The van der Waals surface area contributed by atoms with E-state index in [1.165, 1.54) is 29.2 Å². The lowest BCUT2D eigenvalue weighted by Gasteiger charge is -2.31. The number of benzene rings is 1. The molecule has 1 aromatic rings. The van der Waals surface area contributed by atoms with Gasteiger partial charge in [-0.1, -0.05) is 0 Å². The van der Waals surface area contributed by atoms with Crippen LogP contribution in [0.4, 0.5) is 10.1 Å². The molecular weight excluding hydrogens is 247 g/mol. The van der Waals surface area contributed by atoms with Crippen LogP contribution in [0.15, 0.2) is 24.3 Å². The summed E-state index contributed by atoms with van der Waals surface area (Å²) in [4.78, 5) is 25.9. The van der Waals surface area contributed by atoms with Gasteiger partial charge >= 0.3 is 0 Å². The Balaban J connectivity index is 1.92. The number of hydrogen-bond acceptors (Lipinski definition) is 3. The molecule has 2 fully saturated rings. The summed E-state index contributed by atoms with van der Waals surface area (Å²) in [6.45, 7) is 1.44. The summed E-state index contributed by atoms with van der Waals surface area (Å²) in [6.07, 6.45) is 1.88. The normalized spacial score (nSPS) is 27.3. The maximum atomic E-state index is 12.9. The number of anilines is 1. The SMILES string of the molecule is O=C1CC2(CCCNC2)C(=O)N1c1ccc(F)cc1. The van der Waals surface area contributed by atoms with Crippen LogP contribution in [0.25, 0.3) is 0 Å². The molecule has 2 amide bonds. The highest BCUT2D eigenvalue weighted by atomic mass is 19.1. The molecule has 5 heteroatoms. The van der Waals surface area contributed by atoms with Crippen molar-refractivity contribution in [2.24, 2.45) is 5.41 Å². The number of piperidine rings is 1. The molecule has 2 aliphatic rings. The monoisotopic (exact) mass is 262 g/mol. The third kappa shape index (κ3) is 1.94. The highest BCUT2D eigenvalue weighted by Crippen LogP contribution is 2.40. The van der Waals surface area contributed by atoms with Gasteiger partial charge in [-0.05, 0) is 43.7 Å². The van der Waals surface area contributed by atoms with Crippen LogP contribution in [0, 0.1) is 11.2 Å². The zero-order valence-electron chi connectivity index (χ0n) is 10.5. The Morgan fingerprint density at radius 2 is 1.95 bits per heavy atom. The molecule has 2 heterocycles. The van der Waals surface area contributed by atoms with Crippen LogP contribution in [-0.4, -0.2) is 24.9 Å². The predicted octanol–water partition coefficient (Wildman–Crippen LogP) is 1.46. The molecule has 1 spiro atoms. The van der Waals surface area contributed by atoms with Crippen molar-refractivity contribution in [3.8, 4) is 0 Å². The van der Waals surface area contributed by atoms with Crippen molar-refractivity contribution in [2.45, 2.75) is 19.3 Å². The minimum Gasteiger partial charge on any atom is -0.316 e. The first-order valence-corrected chi connectivity index (χ1v) is 6.46. The van der Waals surface area contributed by atoms with Crippen LogP contribution in [0.1, 0.15) is 19.3 Å². The quantitative estimate of drug-likeness (QED) is 0.779. The fourth-order valence-electron chi connectivity index (χ4n) is 2.95. The molecule has 1 aromatic carbocycles. The summed E-state index contributed by atoms with van der Waals surface area (Å²) in [5.74, 6) is -0.728. The van der Waals surface area contributed by atoms with Gasteiger partial charge in [-0.2, -0.15) is 0 Å². The predicted molar refractivity (Wildman–Crippen MR) is 68.0 cm³/mol. The van der Waals surface area contributed by atoms with Gasteiger partial charge in [-0.15, -0.1) is 0 Å². The van der Waals surface area contributed by atoms with Crippen LogP contribution >= 0.6 is 0 Å². The molecule has 0 aliphatic carbocycles. The first-order valence-electron chi connectivity index (χ1n) is 6.46. The fourth-order valence-corrected chi connectivity index (χ4v) is 2.95. The largest absolute Gasteiger partial charge is 0.316 e. The number of carbonyl (C=O) groups excluding carboxylic acids is 2. The van der Waals surface area contributed by atoms with Crippen LogP contribution in [0.5, 0.6) is 0 Å². The lowest BCUT2D eigenvalue weighted by atomic mass is 9.79. The summed E-state index contributed by atoms with van der Waals surface area (Å²) < 4.78 is 12.9. The van der Waals surface area contributed by atoms with E-state index in [-0.39, 0.29) is 24.1 Å². The summed E-state index contributed by atoms with van der Waals surface area (Å²) in [6, 6.07) is 5.47. The molecule has 0 saturated carbocycles. The van der Waals surface area contributed by atoms with Gasteiger partial charge in [0.05, 0.1) is 11.1 Å². The second-order valence-corrected chi connectivity index (χ2v) is 5.25. The van der Waals surface area contributed by atoms with Gasteiger partial charge in [-0.3, -0.25) is 14.5 Å². The van der Waals surface area contributed by atoms with Gasteiger partial charge in [0.25, 0.3) is 0 Å². The number of nitrogens with zero attached hydrogens (tertiary/aromatic N) is 1. The number of rotatable bonds is 1. The molecule has 0 aromatic heterocycles. The van der Waals surface area contributed by atoms with E-state index in [0.717, 1.165) is 19.4 Å². The highest BCUT2D eigenvalue weighted by Gasteiger charge is 2.52. The molecule has 2 aliphatic heterocycles. The number of hydrogen-bond donors (Lipinski definition) is 1. The summed E-state index contributed by atoms with van der Waals surface area (Å²) >= 11 is 0. The van der Waals surface area contributed by atoms with Crippen molar-refractivity contribution < 1.29 is 14.0 Å². The van der Waals surface area contributed by atoms with Crippen LogP contribution in [0.2, 0.25) is 0 Å². The molecule has 0 bridgehead atoms. The summed E-state index contributed by atoms with van der Waals surface area (Å²) in [5, 5.41) is 3.19. The molecular formula is C14H15FN2O2. The van der Waals surface area contributed by atoms with E-state index >= 15 is 0 Å². The summed E-state index contributed by atoms with van der Waals surface area (Å²) in [5.41, 5.74) is -0.136. The third-order valence-electron chi connectivity index (χ3n) is 3.95. The van der Waals surface area contributed by atoms with E-state index in [4.69, 9.17) is 0 Å². The third-order valence-corrected chi connectivity index (χ3v) is 3.95. The van der Waals surface area contributed by atoms with Gasteiger partial charge in [0, 0.05) is 13.0 Å². The fraction of sp³-hybridized carbons (Fsp3) is 0.429. The number of nitrogens with one attached hydrogen (secondary N) is 1. The van der Waals surface area contributed by atoms with Crippen molar-refractivity contribution >= 4 is 17.5 Å². The van der Waals surface area contributed by atoms with Crippen molar-refractivity contribution in [3.63, 3.8) is 0 Å².